The van der Waals surface area contributed by atoms with Crippen LogP contribution in [-0.2, 0) is 13.1 Å². The Morgan fingerprint density at radius 2 is 1.93 bits per heavy atom. The van der Waals surface area contributed by atoms with Crippen LogP contribution >= 0.6 is 0 Å². The van der Waals surface area contributed by atoms with E-state index in [0.717, 1.165) is 37.4 Å². The van der Waals surface area contributed by atoms with Crippen molar-refractivity contribution in [2.75, 3.05) is 26.7 Å². The van der Waals surface area contributed by atoms with Gasteiger partial charge in [-0.05, 0) is 25.9 Å². The number of nitrogens with zero attached hydrogens (tertiary/aromatic N) is 6. The van der Waals surface area contributed by atoms with Gasteiger partial charge in [0.05, 0.1) is 19.3 Å². The third-order valence-electron chi connectivity index (χ3n) is 5.22. The van der Waals surface area contributed by atoms with Crippen molar-refractivity contribution in [2.45, 2.75) is 32.4 Å². The number of hydrogen-bond acceptors (Lipinski definition) is 6. The highest BCUT2D eigenvalue weighted by molar-refractivity contribution is 5.91. The molecule has 0 aliphatic carbocycles. The molecule has 29 heavy (non-hydrogen) atoms. The number of hydrogen-bond donors (Lipinski definition) is 0. The molecule has 1 aliphatic rings. The van der Waals surface area contributed by atoms with Gasteiger partial charge in [-0.2, -0.15) is 0 Å². The van der Waals surface area contributed by atoms with Gasteiger partial charge in [-0.1, -0.05) is 47.1 Å². The summed E-state index contributed by atoms with van der Waals surface area (Å²) in [6, 6.07) is 11.7. The second-order valence-corrected chi connectivity index (χ2v) is 7.47. The van der Waals surface area contributed by atoms with Crippen molar-refractivity contribution < 1.29 is 9.32 Å². The molecule has 2 aromatic heterocycles. The van der Waals surface area contributed by atoms with Gasteiger partial charge >= 0.3 is 0 Å². The minimum Gasteiger partial charge on any atom is -0.359 e. The van der Waals surface area contributed by atoms with Crippen LogP contribution in [0, 0.1) is 0 Å². The summed E-state index contributed by atoms with van der Waals surface area (Å²) < 4.78 is 7.14. The minimum atomic E-state index is -0.188. The van der Waals surface area contributed by atoms with Crippen molar-refractivity contribution in [2.24, 2.45) is 0 Å². The SMILES string of the molecule is CN(Cc1cc(-c2ccccc2)no1)C(=O)c1cn(CCN2CCCCC2)nn1. The van der Waals surface area contributed by atoms with E-state index in [1.54, 1.807) is 22.8 Å². The number of aromatic nitrogens is 4. The molecule has 152 valence electrons. The van der Waals surface area contributed by atoms with Crippen molar-refractivity contribution in [1.82, 2.24) is 30.0 Å². The molecule has 0 atom stereocenters. The molecule has 3 heterocycles. The Kier molecular flexibility index (Phi) is 6.00. The predicted octanol–water partition coefficient (Wildman–Crippen LogP) is 2.69. The van der Waals surface area contributed by atoms with Gasteiger partial charge < -0.3 is 14.3 Å². The summed E-state index contributed by atoms with van der Waals surface area (Å²) >= 11 is 0. The van der Waals surface area contributed by atoms with Crippen LogP contribution in [0.25, 0.3) is 11.3 Å². The van der Waals surface area contributed by atoms with E-state index in [4.69, 9.17) is 4.52 Å². The van der Waals surface area contributed by atoms with Gasteiger partial charge in [0.2, 0.25) is 0 Å². The molecule has 0 bridgehead atoms. The zero-order valence-electron chi connectivity index (χ0n) is 16.7. The van der Waals surface area contributed by atoms with Gasteiger partial charge in [0.25, 0.3) is 5.91 Å². The van der Waals surface area contributed by atoms with Crippen LogP contribution in [-0.4, -0.2) is 62.5 Å². The molecule has 0 saturated carbocycles. The molecular weight excluding hydrogens is 368 g/mol. The molecule has 0 radical (unpaired) electrons. The summed E-state index contributed by atoms with van der Waals surface area (Å²) in [7, 11) is 1.72. The summed E-state index contributed by atoms with van der Waals surface area (Å²) in [5.41, 5.74) is 2.08. The maximum Gasteiger partial charge on any atom is 0.276 e. The van der Waals surface area contributed by atoms with Gasteiger partial charge in [0.1, 0.15) is 5.69 Å². The number of likely N-dealkylation sites (tertiary alicyclic amines) is 1. The normalized spacial score (nSPS) is 14.8. The summed E-state index contributed by atoms with van der Waals surface area (Å²) in [4.78, 5) is 16.7. The lowest BCUT2D eigenvalue weighted by molar-refractivity contribution is 0.0766. The Balaban J connectivity index is 1.32. The number of rotatable bonds is 7. The fraction of sp³-hybridized carbons (Fsp3) is 0.429. The third kappa shape index (κ3) is 4.89. The maximum atomic E-state index is 12.7. The summed E-state index contributed by atoms with van der Waals surface area (Å²) in [5.74, 6) is 0.434. The Morgan fingerprint density at radius 3 is 2.72 bits per heavy atom. The highest BCUT2D eigenvalue weighted by Gasteiger charge is 2.18. The number of carbonyl (C=O) groups is 1. The monoisotopic (exact) mass is 394 g/mol. The predicted molar refractivity (Wildman–Crippen MR) is 108 cm³/mol. The second kappa shape index (κ2) is 9.00. The number of carbonyl (C=O) groups excluding carboxylic acids is 1. The lowest BCUT2D eigenvalue weighted by Crippen LogP contribution is -2.32. The highest BCUT2D eigenvalue weighted by Crippen LogP contribution is 2.19. The fourth-order valence-electron chi connectivity index (χ4n) is 3.57. The van der Waals surface area contributed by atoms with Crippen molar-refractivity contribution in [1.29, 1.82) is 0 Å². The Hall–Kier alpha value is -3.00. The van der Waals surface area contributed by atoms with E-state index in [0.29, 0.717) is 18.0 Å². The first-order chi connectivity index (χ1) is 14.2. The average Bonchev–Trinajstić information content (AvgIpc) is 3.43. The molecule has 1 fully saturated rings. The van der Waals surface area contributed by atoms with Gasteiger partial charge in [0.15, 0.2) is 11.5 Å². The number of benzene rings is 1. The van der Waals surface area contributed by atoms with E-state index in [2.05, 4.69) is 20.4 Å². The molecular formula is C21H26N6O2. The Bertz CT molecular complexity index is 930. The van der Waals surface area contributed by atoms with Gasteiger partial charge in [-0.15, -0.1) is 5.10 Å². The third-order valence-corrected chi connectivity index (χ3v) is 5.22. The van der Waals surface area contributed by atoms with E-state index >= 15 is 0 Å². The molecule has 0 spiro atoms. The number of piperidine rings is 1. The van der Waals surface area contributed by atoms with E-state index < -0.39 is 0 Å². The molecule has 1 saturated heterocycles. The summed E-state index contributed by atoms with van der Waals surface area (Å²) in [6.07, 6.45) is 5.57. The van der Waals surface area contributed by atoms with E-state index in [1.807, 2.05) is 36.4 Å². The van der Waals surface area contributed by atoms with Crippen LogP contribution in [0.3, 0.4) is 0 Å². The highest BCUT2D eigenvalue weighted by atomic mass is 16.5. The van der Waals surface area contributed by atoms with Crippen molar-refractivity contribution in [3.8, 4) is 11.3 Å². The maximum absolute atomic E-state index is 12.7. The smallest absolute Gasteiger partial charge is 0.276 e. The Labute approximate surface area is 170 Å². The van der Waals surface area contributed by atoms with E-state index in [9.17, 15) is 4.79 Å². The molecule has 4 rings (SSSR count). The largest absolute Gasteiger partial charge is 0.359 e. The molecule has 1 aliphatic heterocycles. The number of amides is 1. The second-order valence-electron chi connectivity index (χ2n) is 7.47. The van der Waals surface area contributed by atoms with E-state index in [1.165, 1.54) is 19.3 Å². The molecule has 8 heteroatoms. The van der Waals surface area contributed by atoms with E-state index in [-0.39, 0.29) is 5.91 Å². The molecule has 1 aromatic carbocycles. The van der Waals surface area contributed by atoms with Gasteiger partial charge in [-0.3, -0.25) is 9.48 Å². The van der Waals surface area contributed by atoms with Crippen LogP contribution in [0.15, 0.2) is 47.1 Å². The lowest BCUT2D eigenvalue weighted by atomic mass is 10.1. The zero-order chi connectivity index (χ0) is 20.1. The minimum absolute atomic E-state index is 0.188. The topological polar surface area (TPSA) is 80.3 Å². The first kappa shape index (κ1) is 19.3. The molecule has 0 N–H and O–H groups in total. The van der Waals surface area contributed by atoms with Crippen LogP contribution in [0.4, 0.5) is 0 Å². The standard InChI is InChI=1S/C21H26N6O2/c1-25(15-18-14-19(23-29-18)17-8-4-2-5-9-17)21(28)20-16-27(24-22-20)13-12-26-10-6-3-7-11-26/h2,4-5,8-9,14,16H,3,6-7,10-13,15H2,1H3. The summed E-state index contributed by atoms with van der Waals surface area (Å²) in [5, 5.41) is 12.3. The van der Waals surface area contributed by atoms with Crippen LogP contribution in [0.2, 0.25) is 0 Å². The van der Waals surface area contributed by atoms with Gasteiger partial charge in [0, 0.05) is 25.2 Å². The summed E-state index contributed by atoms with van der Waals surface area (Å²) in [6.45, 7) is 4.29. The first-order valence-electron chi connectivity index (χ1n) is 10.1. The average molecular weight is 394 g/mol. The molecule has 1 amide bonds. The van der Waals surface area contributed by atoms with Crippen molar-refractivity contribution in [3.63, 3.8) is 0 Å². The fourth-order valence-corrected chi connectivity index (χ4v) is 3.57. The first-order valence-corrected chi connectivity index (χ1v) is 10.1. The van der Waals surface area contributed by atoms with Crippen LogP contribution in [0.1, 0.15) is 35.5 Å². The van der Waals surface area contributed by atoms with Crippen molar-refractivity contribution in [3.05, 3.63) is 54.0 Å². The zero-order valence-corrected chi connectivity index (χ0v) is 16.7. The Morgan fingerprint density at radius 1 is 1.14 bits per heavy atom. The van der Waals surface area contributed by atoms with Gasteiger partial charge in [-0.25, -0.2) is 0 Å². The quantitative estimate of drug-likeness (QED) is 0.613. The molecule has 3 aromatic rings. The van der Waals surface area contributed by atoms with Crippen LogP contribution < -0.4 is 0 Å². The van der Waals surface area contributed by atoms with Crippen molar-refractivity contribution >= 4 is 5.91 Å². The molecule has 0 unspecified atom stereocenters. The molecule has 8 nitrogen and oxygen atoms in total. The van der Waals surface area contributed by atoms with Crippen LogP contribution in [0.5, 0.6) is 0 Å². The lowest BCUT2D eigenvalue weighted by Gasteiger charge is -2.25.